The van der Waals surface area contributed by atoms with Gasteiger partial charge in [0, 0.05) is 48.1 Å². The quantitative estimate of drug-likeness (QED) is 0.874. The lowest BCUT2D eigenvalue weighted by Crippen LogP contribution is -2.49. The first kappa shape index (κ1) is 15.0. The van der Waals surface area contributed by atoms with Gasteiger partial charge < -0.3 is 9.80 Å². The lowest BCUT2D eigenvalue weighted by molar-refractivity contribution is -0.130. The molecule has 3 rings (SSSR count). The first-order valence-electron chi connectivity index (χ1n) is 7.62. The minimum Gasteiger partial charge on any atom is -0.368 e. The predicted octanol–water partition coefficient (Wildman–Crippen LogP) is 2.65. The zero-order chi connectivity index (χ0) is 15.5. The Kier molecular flexibility index (Phi) is 4.43. The Hall–Kier alpha value is -1.88. The van der Waals surface area contributed by atoms with Crippen molar-refractivity contribution in [1.82, 2.24) is 9.88 Å². The van der Waals surface area contributed by atoms with Gasteiger partial charge in [0.2, 0.25) is 5.91 Å². The summed E-state index contributed by atoms with van der Waals surface area (Å²) >= 11 is 1.65. The van der Waals surface area contributed by atoms with E-state index in [1.165, 1.54) is 5.69 Å². The summed E-state index contributed by atoms with van der Waals surface area (Å²) in [5.41, 5.74) is 3.31. The van der Waals surface area contributed by atoms with Crippen LogP contribution in [0.1, 0.15) is 16.3 Å². The van der Waals surface area contributed by atoms with E-state index in [9.17, 15) is 4.79 Å². The van der Waals surface area contributed by atoms with E-state index in [-0.39, 0.29) is 5.91 Å². The molecule has 2 aromatic rings. The van der Waals surface area contributed by atoms with E-state index < -0.39 is 0 Å². The fraction of sp³-hybridized carbons (Fsp3) is 0.412. The Morgan fingerprint density at radius 3 is 2.45 bits per heavy atom. The van der Waals surface area contributed by atoms with Gasteiger partial charge >= 0.3 is 0 Å². The predicted molar refractivity (Wildman–Crippen MR) is 90.5 cm³/mol. The van der Waals surface area contributed by atoms with Crippen LogP contribution < -0.4 is 4.90 Å². The van der Waals surface area contributed by atoms with Crippen molar-refractivity contribution in [3.05, 3.63) is 45.9 Å². The average molecular weight is 315 g/mol. The zero-order valence-corrected chi connectivity index (χ0v) is 13.9. The Bertz CT molecular complexity index is 626. The van der Waals surface area contributed by atoms with Crippen molar-refractivity contribution in [2.45, 2.75) is 20.3 Å². The van der Waals surface area contributed by atoms with Crippen LogP contribution in [0.25, 0.3) is 0 Å². The third-order valence-corrected chi connectivity index (χ3v) is 4.85. The van der Waals surface area contributed by atoms with Gasteiger partial charge in [-0.05, 0) is 37.4 Å². The van der Waals surface area contributed by atoms with Crippen LogP contribution in [0.5, 0.6) is 0 Å². The summed E-state index contributed by atoms with van der Waals surface area (Å²) in [4.78, 5) is 22.2. The number of aromatic nitrogens is 1. The number of pyridine rings is 1. The van der Waals surface area contributed by atoms with Crippen molar-refractivity contribution >= 4 is 22.9 Å². The molecule has 116 valence electrons. The molecule has 22 heavy (non-hydrogen) atoms. The molecule has 1 fully saturated rings. The zero-order valence-electron chi connectivity index (χ0n) is 13.1. The van der Waals surface area contributed by atoms with E-state index in [2.05, 4.69) is 22.0 Å². The second-order valence-corrected chi connectivity index (χ2v) is 6.76. The van der Waals surface area contributed by atoms with Gasteiger partial charge in [0.15, 0.2) is 0 Å². The van der Waals surface area contributed by atoms with Crippen LogP contribution in [0.15, 0.2) is 29.6 Å². The van der Waals surface area contributed by atoms with Crippen molar-refractivity contribution in [1.29, 1.82) is 0 Å². The number of aryl methyl sites for hydroxylation is 2. The third-order valence-electron chi connectivity index (χ3n) is 3.97. The Labute approximate surface area is 135 Å². The van der Waals surface area contributed by atoms with Crippen LogP contribution in [0, 0.1) is 13.8 Å². The fourth-order valence-electron chi connectivity index (χ4n) is 2.88. The van der Waals surface area contributed by atoms with E-state index in [0.717, 1.165) is 42.4 Å². The number of piperazine rings is 1. The minimum absolute atomic E-state index is 0.240. The standard InChI is InChI=1S/C17H21N3OS/c1-13-10-15(11-14(2)18-13)19-5-7-20(8-6-19)17(21)12-16-4-3-9-22-16/h3-4,9-11H,5-8,12H2,1-2H3. The van der Waals surface area contributed by atoms with Crippen LogP contribution in [-0.2, 0) is 11.2 Å². The molecule has 0 aromatic carbocycles. The largest absolute Gasteiger partial charge is 0.368 e. The maximum atomic E-state index is 12.3. The molecule has 0 aliphatic carbocycles. The number of anilines is 1. The number of thiophene rings is 1. The summed E-state index contributed by atoms with van der Waals surface area (Å²) < 4.78 is 0. The van der Waals surface area contributed by atoms with Crippen LogP contribution in [0.2, 0.25) is 0 Å². The summed E-state index contributed by atoms with van der Waals surface area (Å²) in [6, 6.07) is 8.27. The molecule has 1 aliphatic heterocycles. The molecular formula is C17H21N3OS. The number of nitrogens with zero attached hydrogens (tertiary/aromatic N) is 3. The molecule has 0 unspecified atom stereocenters. The van der Waals surface area contributed by atoms with Gasteiger partial charge in [0.25, 0.3) is 0 Å². The van der Waals surface area contributed by atoms with Crippen LogP contribution in [0.4, 0.5) is 5.69 Å². The first-order valence-corrected chi connectivity index (χ1v) is 8.50. The minimum atomic E-state index is 0.240. The second-order valence-electron chi connectivity index (χ2n) is 5.73. The molecule has 1 saturated heterocycles. The van der Waals surface area contributed by atoms with E-state index in [0.29, 0.717) is 6.42 Å². The topological polar surface area (TPSA) is 36.4 Å². The van der Waals surface area contributed by atoms with Gasteiger partial charge in [0.1, 0.15) is 0 Å². The molecule has 0 N–H and O–H groups in total. The second kappa shape index (κ2) is 6.48. The molecule has 1 amide bonds. The number of amides is 1. The highest BCUT2D eigenvalue weighted by atomic mass is 32.1. The van der Waals surface area contributed by atoms with Gasteiger partial charge in [-0.2, -0.15) is 0 Å². The van der Waals surface area contributed by atoms with E-state index in [4.69, 9.17) is 0 Å². The lowest BCUT2D eigenvalue weighted by Gasteiger charge is -2.36. The summed E-state index contributed by atoms with van der Waals surface area (Å²) in [6.07, 6.45) is 0.533. The van der Waals surface area contributed by atoms with Gasteiger partial charge in [-0.1, -0.05) is 6.07 Å². The normalized spacial score (nSPS) is 15.2. The Morgan fingerprint density at radius 1 is 1.18 bits per heavy atom. The van der Waals surface area contributed by atoms with Crippen molar-refractivity contribution in [2.75, 3.05) is 31.1 Å². The summed E-state index contributed by atoms with van der Waals surface area (Å²) in [5, 5.41) is 2.02. The van der Waals surface area contributed by atoms with Crippen molar-refractivity contribution < 1.29 is 4.79 Å². The Morgan fingerprint density at radius 2 is 1.86 bits per heavy atom. The highest BCUT2D eigenvalue weighted by Crippen LogP contribution is 2.19. The van der Waals surface area contributed by atoms with Gasteiger partial charge in [-0.25, -0.2) is 0 Å². The van der Waals surface area contributed by atoms with Gasteiger partial charge in [0.05, 0.1) is 6.42 Å². The first-order chi connectivity index (χ1) is 10.6. The van der Waals surface area contributed by atoms with E-state index >= 15 is 0 Å². The summed E-state index contributed by atoms with van der Waals surface area (Å²) in [6.45, 7) is 7.42. The maximum Gasteiger partial charge on any atom is 0.227 e. The number of carbonyl (C=O) groups is 1. The van der Waals surface area contributed by atoms with Crippen LogP contribution >= 0.6 is 11.3 Å². The average Bonchev–Trinajstić information content (AvgIpc) is 2.99. The molecule has 5 heteroatoms. The van der Waals surface area contributed by atoms with E-state index in [1.54, 1.807) is 11.3 Å². The SMILES string of the molecule is Cc1cc(N2CCN(C(=O)Cc3cccs3)CC2)cc(C)n1. The Balaban J connectivity index is 1.59. The van der Waals surface area contributed by atoms with Gasteiger partial charge in [-0.15, -0.1) is 11.3 Å². The molecule has 3 heterocycles. The lowest BCUT2D eigenvalue weighted by atomic mass is 10.2. The molecule has 0 radical (unpaired) electrons. The van der Waals surface area contributed by atoms with E-state index in [1.807, 2.05) is 36.3 Å². The smallest absolute Gasteiger partial charge is 0.227 e. The fourth-order valence-corrected chi connectivity index (χ4v) is 3.58. The molecule has 2 aromatic heterocycles. The molecule has 0 bridgehead atoms. The number of hydrogen-bond acceptors (Lipinski definition) is 4. The molecule has 0 atom stereocenters. The summed E-state index contributed by atoms with van der Waals surface area (Å²) in [7, 11) is 0. The van der Waals surface area contributed by atoms with Crippen molar-refractivity contribution in [3.63, 3.8) is 0 Å². The molecule has 1 aliphatic rings. The molecule has 4 nitrogen and oxygen atoms in total. The molecular weight excluding hydrogens is 294 g/mol. The highest BCUT2D eigenvalue weighted by molar-refractivity contribution is 7.10. The number of rotatable bonds is 3. The van der Waals surface area contributed by atoms with Crippen LogP contribution in [0.3, 0.4) is 0 Å². The number of hydrogen-bond donors (Lipinski definition) is 0. The maximum absolute atomic E-state index is 12.3. The third kappa shape index (κ3) is 3.47. The van der Waals surface area contributed by atoms with Crippen LogP contribution in [-0.4, -0.2) is 42.0 Å². The molecule has 0 spiro atoms. The highest BCUT2D eigenvalue weighted by Gasteiger charge is 2.21. The monoisotopic (exact) mass is 315 g/mol. The molecule has 0 saturated carbocycles. The number of carbonyl (C=O) groups excluding carboxylic acids is 1. The van der Waals surface area contributed by atoms with Crippen molar-refractivity contribution in [2.24, 2.45) is 0 Å². The van der Waals surface area contributed by atoms with Crippen molar-refractivity contribution in [3.8, 4) is 0 Å². The van der Waals surface area contributed by atoms with Gasteiger partial charge in [-0.3, -0.25) is 9.78 Å². The summed E-state index contributed by atoms with van der Waals surface area (Å²) in [5.74, 6) is 0.240.